The molecule has 28 heavy (non-hydrogen) atoms. The molecule has 0 aliphatic heterocycles. The van der Waals surface area contributed by atoms with Crippen molar-refractivity contribution in [2.45, 2.75) is 14.7 Å². The van der Waals surface area contributed by atoms with E-state index in [1.807, 2.05) is 0 Å². The maximum absolute atomic E-state index is 13.7. The van der Waals surface area contributed by atoms with Crippen molar-refractivity contribution in [2.24, 2.45) is 0 Å². The van der Waals surface area contributed by atoms with Gasteiger partial charge >= 0.3 is 0 Å². The number of benzene rings is 3. The van der Waals surface area contributed by atoms with E-state index in [0.717, 1.165) is 0 Å². The predicted molar refractivity (Wildman–Crippen MR) is 81.1 cm³/mol. The van der Waals surface area contributed by atoms with Gasteiger partial charge in [-0.1, -0.05) is 0 Å². The Morgan fingerprint density at radius 2 is 0.536 bits per heavy atom. The molecule has 0 spiro atoms. The van der Waals surface area contributed by atoms with Crippen molar-refractivity contribution in [2.75, 3.05) is 0 Å². The monoisotopic (exact) mass is 425 g/mol. The molecule has 3 rings (SSSR count). The molecule has 0 nitrogen and oxygen atoms in total. The minimum absolute atomic E-state index is 0.444. The zero-order chi connectivity index (χ0) is 20.7. The first-order chi connectivity index (χ1) is 13.1. The van der Waals surface area contributed by atoms with Crippen molar-refractivity contribution in [3.05, 3.63) is 88.8 Å². The minimum atomic E-state index is -2.04. The molecule has 0 bridgehead atoms. The lowest BCUT2D eigenvalue weighted by Crippen LogP contribution is -2.10. The maximum atomic E-state index is 13.7. The molecule has 0 radical (unpaired) electrons. The van der Waals surface area contributed by atoms with Crippen LogP contribution in [0.15, 0.2) is 51.1 Å². The second-order valence-corrected chi connectivity index (χ2v) is 7.44. The van der Waals surface area contributed by atoms with Gasteiger partial charge in [0.15, 0.2) is 67.0 Å². The van der Waals surface area contributed by atoms with Gasteiger partial charge in [0.25, 0.3) is 0 Å². The van der Waals surface area contributed by atoms with Crippen molar-refractivity contribution in [1.82, 2.24) is 0 Å². The molecule has 0 aliphatic rings. The van der Waals surface area contributed by atoms with Crippen LogP contribution in [0.2, 0.25) is 0 Å². The van der Waals surface area contributed by atoms with Crippen molar-refractivity contribution < 1.29 is 39.5 Å². The lowest BCUT2D eigenvalue weighted by molar-refractivity contribution is 0.441. The summed E-state index contributed by atoms with van der Waals surface area (Å²) in [6, 6.07) is 2.67. The van der Waals surface area contributed by atoms with Gasteiger partial charge in [-0.15, -0.1) is 0 Å². The number of hydrogen-bond donors (Lipinski definition) is 0. The van der Waals surface area contributed by atoms with Crippen LogP contribution >= 0.6 is 0 Å². The third-order valence-corrected chi connectivity index (χ3v) is 5.70. The van der Waals surface area contributed by atoms with Gasteiger partial charge in [0.05, 0.1) is 10.9 Å². The summed E-state index contributed by atoms with van der Waals surface area (Å²) in [5, 5.41) is 0. The van der Waals surface area contributed by atoms with Gasteiger partial charge < -0.3 is 0 Å². The second-order valence-electron chi connectivity index (χ2n) is 5.41. The largest absolute Gasteiger partial charge is 0.203 e. The Morgan fingerprint density at radius 3 is 0.714 bits per heavy atom. The van der Waals surface area contributed by atoms with Gasteiger partial charge in [0.1, 0.15) is 0 Å². The van der Waals surface area contributed by atoms with Crippen LogP contribution in [0.25, 0.3) is 0 Å². The third-order valence-electron chi connectivity index (χ3n) is 3.58. The predicted octanol–water partition coefficient (Wildman–Crippen LogP) is 6.03. The highest BCUT2D eigenvalue weighted by Crippen LogP contribution is 2.35. The van der Waals surface area contributed by atoms with Crippen LogP contribution in [0.1, 0.15) is 0 Å². The molecule has 0 aromatic heterocycles. The first-order valence-electron chi connectivity index (χ1n) is 7.28. The Hall–Kier alpha value is -2.62. The lowest BCUT2D eigenvalue weighted by Gasteiger charge is -2.10. The van der Waals surface area contributed by atoms with Gasteiger partial charge in [0.2, 0.25) is 0 Å². The normalized spacial score (nSPS) is 11.4. The first-order valence-corrected chi connectivity index (χ1v) is 8.50. The summed E-state index contributed by atoms with van der Waals surface area (Å²) >= 11 is 0. The summed E-state index contributed by atoms with van der Waals surface area (Å²) in [6.07, 6.45) is 0. The highest BCUT2D eigenvalue weighted by molar-refractivity contribution is 7.97. The molecule has 0 fully saturated rings. The molecular formula is C18H6F9S+. The molecule has 0 amide bonds. The van der Waals surface area contributed by atoms with E-state index in [9.17, 15) is 39.5 Å². The fraction of sp³-hybridized carbons (Fsp3) is 0. The quantitative estimate of drug-likeness (QED) is 0.273. The molecule has 0 saturated carbocycles. The summed E-state index contributed by atoms with van der Waals surface area (Å²) in [4.78, 5) is -1.44. The zero-order valence-electron chi connectivity index (χ0n) is 13.3. The average Bonchev–Trinajstić information content (AvgIpc) is 2.62. The molecule has 3 aromatic rings. The Bertz CT molecular complexity index is 875. The van der Waals surface area contributed by atoms with Crippen molar-refractivity contribution in [3.8, 4) is 0 Å². The molecule has 146 valence electrons. The van der Waals surface area contributed by atoms with Crippen LogP contribution in [0, 0.1) is 52.4 Å². The van der Waals surface area contributed by atoms with E-state index in [0.29, 0.717) is 36.4 Å². The van der Waals surface area contributed by atoms with Gasteiger partial charge in [-0.3, -0.25) is 0 Å². The van der Waals surface area contributed by atoms with Gasteiger partial charge in [-0.25, -0.2) is 39.5 Å². The summed E-state index contributed by atoms with van der Waals surface area (Å²) in [5.74, 6) is -15.6. The van der Waals surface area contributed by atoms with Crippen LogP contribution in [0.3, 0.4) is 0 Å². The fourth-order valence-electron chi connectivity index (χ4n) is 2.36. The summed E-state index contributed by atoms with van der Waals surface area (Å²) < 4.78 is 122. The van der Waals surface area contributed by atoms with Crippen LogP contribution in [-0.4, -0.2) is 0 Å². The highest BCUT2D eigenvalue weighted by Gasteiger charge is 2.35. The van der Waals surface area contributed by atoms with Gasteiger partial charge in [0, 0.05) is 36.4 Å². The molecule has 0 saturated heterocycles. The number of rotatable bonds is 3. The number of halogens is 9. The summed E-state index contributed by atoms with van der Waals surface area (Å²) in [6.45, 7) is 0. The molecule has 0 heterocycles. The average molecular weight is 425 g/mol. The molecule has 0 unspecified atom stereocenters. The highest BCUT2D eigenvalue weighted by atomic mass is 32.2. The van der Waals surface area contributed by atoms with E-state index in [1.165, 1.54) is 0 Å². The molecule has 0 aliphatic carbocycles. The van der Waals surface area contributed by atoms with E-state index in [2.05, 4.69) is 0 Å². The molecule has 0 N–H and O–H groups in total. The van der Waals surface area contributed by atoms with Crippen LogP contribution in [-0.2, 0) is 10.9 Å². The number of hydrogen-bond acceptors (Lipinski definition) is 0. The standard InChI is InChI=1S/C18H6F9S/c19-10-1-7(2-11(20)16(10)25)28(8-3-12(21)17(26)13(22)4-8)9-5-14(23)18(27)15(24)6-9/h1-6H/q+1. The van der Waals surface area contributed by atoms with Crippen LogP contribution in [0.5, 0.6) is 0 Å². The second kappa shape index (κ2) is 7.42. The summed E-state index contributed by atoms with van der Waals surface area (Å²) in [7, 11) is -2.04. The van der Waals surface area contributed by atoms with Crippen LogP contribution in [0.4, 0.5) is 39.5 Å². The van der Waals surface area contributed by atoms with Crippen molar-refractivity contribution in [3.63, 3.8) is 0 Å². The molecule has 3 aromatic carbocycles. The molecular weight excluding hydrogens is 419 g/mol. The minimum Gasteiger partial charge on any atom is -0.203 e. The third kappa shape index (κ3) is 3.56. The smallest absolute Gasteiger partial charge is 0.194 e. The topological polar surface area (TPSA) is 0 Å². The van der Waals surface area contributed by atoms with Crippen molar-refractivity contribution in [1.29, 1.82) is 0 Å². The maximum Gasteiger partial charge on any atom is 0.194 e. The van der Waals surface area contributed by atoms with E-state index in [1.54, 1.807) is 0 Å². The van der Waals surface area contributed by atoms with Gasteiger partial charge in [-0.05, 0) is 0 Å². The molecule has 0 atom stereocenters. The SMILES string of the molecule is Fc1cc([S+](c2cc(F)c(F)c(F)c2)c2cc(F)c(F)c(F)c2)cc(F)c1F. The lowest BCUT2D eigenvalue weighted by atomic mass is 10.3. The van der Waals surface area contributed by atoms with E-state index in [-0.39, 0.29) is 0 Å². The Balaban J connectivity index is 2.32. The van der Waals surface area contributed by atoms with E-state index in [4.69, 9.17) is 0 Å². The Labute approximate surface area is 154 Å². The Kier molecular flexibility index (Phi) is 5.33. The van der Waals surface area contributed by atoms with Crippen LogP contribution < -0.4 is 0 Å². The summed E-state index contributed by atoms with van der Waals surface area (Å²) in [5.41, 5.74) is 0. The zero-order valence-corrected chi connectivity index (χ0v) is 14.1. The molecule has 10 heteroatoms. The van der Waals surface area contributed by atoms with Gasteiger partial charge in [-0.2, -0.15) is 0 Å². The van der Waals surface area contributed by atoms with Crippen molar-refractivity contribution >= 4 is 10.9 Å². The fourth-order valence-corrected chi connectivity index (χ4v) is 4.50. The first kappa shape index (κ1) is 20.1. The Morgan fingerprint density at radius 1 is 0.357 bits per heavy atom. The van der Waals surface area contributed by atoms with E-state index < -0.39 is 77.9 Å². The van der Waals surface area contributed by atoms with E-state index >= 15 is 0 Å².